The van der Waals surface area contributed by atoms with Crippen LogP contribution >= 0.6 is 0 Å². The minimum atomic E-state index is -0.0598. The quantitative estimate of drug-likeness (QED) is 0.803. The lowest BCUT2D eigenvalue weighted by Gasteiger charge is -2.48. The second-order valence-corrected chi connectivity index (χ2v) is 9.17. The molecule has 0 radical (unpaired) electrons. The molecule has 2 atom stereocenters. The summed E-state index contributed by atoms with van der Waals surface area (Å²) in [5, 5.41) is 0. The zero-order valence-corrected chi connectivity index (χ0v) is 17.4. The first kappa shape index (κ1) is 19.4. The van der Waals surface area contributed by atoms with Crippen LogP contribution in [-0.4, -0.2) is 71.3 Å². The van der Waals surface area contributed by atoms with Gasteiger partial charge in [0.25, 0.3) is 5.91 Å². The summed E-state index contributed by atoms with van der Waals surface area (Å²) in [6.45, 7) is 11.9. The van der Waals surface area contributed by atoms with Crippen molar-refractivity contribution in [1.29, 1.82) is 0 Å². The average molecular weight is 384 g/mol. The lowest BCUT2D eigenvalue weighted by atomic mass is 9.74. The van der Waals surface area contributed by atoms with Crippen molar-refractivity contribution in [1.82, 2.24) is 14.7 Å². The molecule has 5 nitrogen and oxygen atoms in total. The zero-order valence-electron chi connectivity index (χ0n) is 17.4. The Hall–Kier alpha value is -1.88. The van der Waals surface area contributed by atoms with Crippen LogP contribution in [0.1, 0.15) is 44.0 Å². The first-order chi connectivity index (χ1) is 13.5. The molecule has 0 aromatic heterocycles. The highest BCUT2D eigenvalue weighted by Crippen LogP contribution is 2.49. The number of piperidine rings is 1. The maximum absolute atomic E-state index is 13.2. The molecule has 3 saturated heterocycles. The summed E-state index contributed by atoms with van der Waals surface area (Å²) in [6.07, 6.45) is 1.81. The molecule has 1 aromatic carbocycles. The van der Waals surface area contributed by atoms with Crippen molar-refractivity contribution in [2.45, 2.75) is 39.2 Å². The Morgan fingerprint density at radius 1 is 1.14 bits per heavy atom. The molecule has 0 N–H and O–H groups in total. The van der Waals surface area contributed by atoms with Crippen LogP contribution in [0.25, 0.3) is 0 Å². The van der Waals surface area contributed by atoms with Crippen molar-refractivity contribution in [2.75, 3.05) is 39.3 Å². The highest BCUT2D eigenvalue weighted by Gasteiger charge is 2.61. The SMILES string of the molecule is CCN1C(=O)[C@H]2CN(CC(C)C)C[C@H]2C12CCN(C(=O)c1ccccc1)CC2. The summed E-state index contributed by atoms with van der Waals surface area (Å²) in [5.41, 5.74) is 0.700. The molecule has 28 heavy (non-hydrogen) atoms. The average Bonchev–Trinajstić information content (AvgIpc) is 3.20. The second-order valence-electron chi connectivity index (χ2n) is 9.17. The summed E-state index contributed by atoms with van der Waals surface area (Å²) in [5.74, 6) is 1.65. The van der Waals surface area contributed by atoms with Gasteiger partial charge in [-0.2, -0.15) is 0 Å². The van der Waals surface area contributed by atoms with Crippen LogP contribution in [-0.2, 0) is 4.79 Å². The van der Waals surface area contributed by atoms with Gasteiger partial charge >= 0.3 is 0 Å². The van der Waals surface area contributed by atoms with Gasteiger partial charge in [-0.25, -0.2) is 0 Å². The van der Waals surface area contributed by atoms with E-state index in [1.165, 1.54) is 0 Å². The number of rotatable bonds is 4. The summed E-state index contributed by atoms with van der Waals surface area (Å²) in [4.78, 5) is 32.7. The third-order valence-corrected chi connectivity index (χ3v) is 7.08. The number of likely N-dealkylation sites (tertiary alicyclic amines) is 3. The van der Waals surface area contributed by atoms with Crippen LogP contribution in [0.3, 0.4) is 0 Å². The van der Waals surface area contributed by atoms with Gasteiger partial charge in [0.1, 0.15) is 0 Å². The van der Waals surface area contributed by atoms with Crippen molar-refractivity contribution in [2.24, 2.45) is 17.8 Å². The Bertz CT molecular complexity index is 725. The van der Waals surface area contributed by atoms with E-state index in [0.717, 1.165) is 57.7 Å². The number of hydrogen-bond donors (Lipinski definition) is 0. The molecule has 3 heterocycles. The molecule has 4 rings (SSSR count). The van der Waals surface area contributed by atoms with E-state index in [0.29, 0.717) is 17.7 Å². The van der Waals surface area contributed by atoms with E-state index in [1.54, 1.807) is 0 Å². The number of fused-ring (bicyclic) bond motifs is 2. The summed E-state index contributed by atoms with van der Waals surface area (Å²) in [6, 6.07) is 9.55. The van der Waals surface area contributed by atoms with Crippen LogP contribution in [0.4, 0.5) is 0 Å². The number of carbonyl (C=O) groups is 2. The van der Waals surface area contributed by atoms with Gasteiger partial charge in [-0.3, -0.25) is 9.59 Å². The number of nitrogens with zero attached hydrogens (tertiary/aromatic N) is 3. The molecule has 0 aliphatic carbocycles. The van der Waals surface area contributed by atoms with E-state index in [9.17, 15) is 9.59 Å². The molecule has 1 aromatic rings. The molecule has 0 bridgehead atoms. The molecule has 5 heteroatoms. The van der Waals surface area contributed by atoms with Crippen molar-refractivity contribution >= 4 is 11.8 Å². The van der Waals surface area contributed by atoms with Crippen LogP contribution < -0.4 is 0 Å². The molecular formula is C23H33N3O2. The largest absolute Gasteiger partial charge is 0.338 e. The molecule has 3 aliphatic rings. The first-order valence-electron chi connectivity index (χ1n) is 10.8. The maximum atomic E-state index is 13.2. The second kappa shape index (κ2) is 7.51. The van der Waals surface area contributed by atoms with E-state index >= 15 is 0 Å². The Labute approximate surface area is 168 Å². The van der Waals surface area contributed by atoms with E-state index in [4.69, 9.17) is 0 Å². The van der Waals surface area contributed by atoms with E-state index in [1.807, 2.05) is 35.2 Å². The highest BCUT2D eigenvalue weighted by molar-refractivity contribution is 5.94. The molecular weight excluding hydrogens is 350 g/mol. The lowest BCUT2D eigenvalue weighted by molar-refractivity contribution is -0.135. The first-order valence-corrected chi connectivity index (χ1v) is 10.8. The van der Waals surface area contributed by atoms with Crippen molar-refractivity contribution in [3.05, 3.63) is 35.9 Å². The molecule has 0 unspecified atom stereocenters. The fourth-order valence-corrected chi connectivity index (χ4v) is 5.94. The third kappa shape index (κ3) is 3.14. The maximum Gasteiger partial charge on any atom is 0.253 e. The van der Waals surface area contributed by atoms with Crippen molar-refractivity contribution in [3.8, 4) is 0 Å². The van der Waals surface area contributed by atoms with E-state index in [2.05, 4.69) is 30.6 Å². The van der Waals surface area contributed by atoms with Gasteiger partial charge in [-0.05, 0) is 37.8 Å². The molecule has 0 saturated carbocycles. The smallest absolute Gasteiger partial charge is 0.253 e. The van der Waals surface area contributed by atoms with Gasteiger partial charge < -0.3 is 14.7 Å². The molecule has 2 amide bonds. The fraction of sp³-hybridized carbons (Fsp3) is 0.652. The predicted molar refractivity (Wildman–Crippen MR) is 110 cm³/mol. The Morgan fingerprint density at radius 2 is 1.82 bits per heavy atom. The minimum Gasteiger partial charge on any atom is -0.338 e. The lowest BCUT2D eigenvalue weighted by Crippen LogP contribution is -2.57. The van der Waals surface area contributed by atoms with Crippen LogP contribution in [0, 0.1) is 17.8 Å². The van der Waals surface area contributed by atoms with Gasteiger partial charge in [0.05, 0.1) is 11.5 Å². The number of hydrogen-bond acceptors (Lipinski definition) is 3. The van der Waals surface area contributed by atoms with Crippen LogP contribution in [0.2, 0.25) is 0 Å². The topological polar surface area (TPSA) is 43.9 Å². The molecule has 1 spiro atoms. The summed E-state index contributed by atoms with van der Waals surface area (Å²) < 4.78 is 0. The standard InChI is InChI=1S/C23H33N3O2/c1-4-26-22(28)19-15-24(14-17(2)3)16-20(19)23(26)10-12-25(13-11-23)21(27)18-8-6-5-7-9-18/h5-9,17,19-20H,4,10-16H2,1-3H3/t19-,20+/m0/s1. The van der Waals surface area contributed by atoms with Crippen LogP contribution in [0.15, 0.2) is 30.3 Å². The highest BCUT2D eigenvalue weighted by atomic mass is 16.2. The number of amides is 2. The zero-order chi connectivity index (χ0) is 19.9. The predicted octanol–water partition coefficient (Wildman–Crippen LogP) is 2.73. The number of carbonyl (C=O) groups excluding carboxylic acids is 2. The van der Waals surface area contributed by atoms with Crippen LogP contribution in [0.5, 0.6) is 0 Å². The molecule has 3 aliphatic heterocycles. The minimum absolute atomic E-state index is 0.0598. The van der Waals surface area contributed by atoms with Crippen molar-refractivity contribution in [3.63, 3.8) is 0 Å². The van der Waals surface area contributed by atoms with Gasteiger partial charge in [-0.15, -0.1) is 0 Å². The fourth-order valence-electron chi connectivity index (χ4n) is 5.94. The van der Waals surface area contributed by atoms with E-state index in [-0.39, 0.29) is 17.4 Å². The normalized spacial score (nSPS) is 27.1. The number of benzene rings is 1. The van der Waals surface area contributed by atoms with Gasteiger partial charge in [0.15, 0.2) is 0 Å². The molecule has 3 fully saturated rings. The van der Waals surface area contributed by atoms with Gasteiger partial charge in [-0.1, -0.05) is 32.0 Å². The van der Waals surface area contributed by atoms with E-state index < -0.39 is 0 Å². The molecule has 152 valence electrons. The Morgan fingerprint density at radius 3 is 2.43 bits per heavy atom. The third-order valence-electron chi connectivity index (χ3n) is 7.08. The Balaban J connectivity index is 1.50. The van der Waals surface area contributed by atoms with Crippen molar-refractivity contribution < 1.29 is 9.59 Å². The summed E-state index contributed by atoms with van der Waals surface area (Å²) in [7, 11) is 0. The Kier molecular flexibility index (Phi) is 5.21. The van der Waals surface area contributed by atoms with Gasteiger partial charge in [0, 0.05) is 50.7 Å². The summed E-state index contributed by atoms with van der Waals surface area (Å²) >= 11 is 0. The van der Waals surface area contributed by atoms with Gasteiger partial charge in [0.2, 0.25) is 5.91 Å². The monoisotopic (exact) mass is 383 g/mol.